The molecule has 0 saturated carbocycles. The fourth-order valence-corrected chi connectivity index (χ4v) is 3.07. The van der Waals surface area contributed by atoms with Crippen molar-refractivity contribution >= 4 is 17.2 Å². The van der Waals surface area contributed by atoms with Crippen molar-refractivity contribution in [1.29, 1.82) is 0 Å². The van der Waals surface area contributed by atoms with Gasteiger partial charge in [0.2, 0.25) is 0 Å². The number of methoxy groups -OCH3 is 1. The first kappa shape index (κ1) is 18.8. The van der Waals surface area contributed by atoms with Crippen LogP contribution in [0.15, 0.2) is 46.3 Å². The summed E-state index contributed by atoms with van der Waals surface area (Å²) >= 11 is 1.48. The average molecular weight is 394 g/mol. The van der Waals surface area contributed by atoms with E-state index >= 15 is 0 Å². The summed E-state index contributed by atoms with van der Waals surface area (Å²) in [6.45, 7) is -2.65. The Labute approximate surface area is 157 Å². The Morgan fingerprint density at radius 3 is 2.85 bits per heavy atom. The number of rotatable bonds is 8. The lowest BCUT2D eigenvalue weighted by Crippen LogP contribution is -2.25. The van der Waals surface area contributed by atoms with Crippen LogP contribution in [0.3, 0.4) is 0 Å². The van der Waals surface area contributed by atoms with E-state index in [1.54, 1.807) is 18.2 Å². The number of aromatic nitrogens is 1. The molecule has 2 aromatic heterocycles. The van der Waals surface area contributed by atoms with Crippen LogP contribution in [-0.4, -0.2) is 31.3 Å². The Morgan fingerprint density at radius 2 is 2.15 bits per heavy atom. The van der Waals surface area contributed by atoms with E-state index in [4.69, 9.17) is 9.26 Å². The van der Waals surface area contributed by atoms with Crippen LogP contribution in [0.1, 0.15) is 16.1 Å². The lowest BCUT2D eigenvalue weighted by Gasteiger charge is -2.11. The maximum absolute atomic E-state index is 12.5. The Hall–Kier alpha value is -2.94. The van der Waals surface area contributed by atoms with Crippen molar-refractivity contribution in [3.8, 4) is 22.1 Å². The molecule has 0 atom stereocenters. The third-order valence-corrected chi connectivity index (χ3v) is 4.53. The first-order valence-electron chi connectivity index (χ1n) is 7.97. The minimum atomic E-state index is -2.95. The summed E-state index contributed by atoms with van der Waals surface area (Å²) in [6.07, 6.45) is 0.422. The zero-order valence-corrected chi connectivity index (χ0v) is 15.1. The molecule has 6 nitrogen and oxygen atoms in total. The average Bonchev–Trinajstić information content (AvgIpc) is 3.33. The fraction of sp³-hybridized carbons (Fsp3) is 0.222. The van der Waals surface area contributed by atoms with Crippen LogP contribution < -0.4 is 14.8 Å². The molecule has 2 heterocycles. The third kappa shape index (κ3) is 4.82. The molecule has 142 valence electrons. The molecular formula is C18H16F2N2O4S. The summed E-state index contributed by atoms with van der Waals surface area (Å²) in [5.41, 5.74) is 0.890. The van der Waals surface area contributed by atoms with E-state index in [1.165, 1.54) is 24.5 Å². The highest BCUT2D eigenvalue weighted by Crippen LogP contribution is 2.29. The van der Waals surface area contributed by atoms with E-state index in [0.29, 0.717) is 24.3 Å². The number of hydrogen-bond donors (Lipinski definition) is 1. The molecular weight excluding hydrogens is 378 g/mol. The predicted molar refractivity (Wildman–Crippen MR) is 95.5 cm³/mol. The SMILES string of the molecule is COc1ccc(CCNC(=O)c2cc(-c3cccs3)on2)cc1OC(F)F. The van der Waals surface area contributed by atoms with Crippen molar-refractivity contribution in [2.24, 2.45) is 0 Å². The normalized spacial score (nSPS) is 10.8. The zero-order valence-electron chi connectivity index (χ0n) is 14.3. The molecule has 0 unspecified atom stereocenters. The summed E-state index contributed by atoms with van der Waals surface area (Å²) in [5.74, 6) is 0.318. The largest absolute Gasteiger partial charge is 0.493 e. The van der Waals surface area contributed by atoms with Crippen LogP contribution in [0, 0.1) is 0 Å². The number of carbonyl (C=O) groups excluding carboxylic acids is 1. The van der Waals surface area contributed by atoms with E-state index in [2.05, 4.69) is 15.2 Å². The number of carbonyl (C=O) groups is 1. The molecule has 0 saturated heterocycles. The van der Waals surface area contributed by atoms with Crippen molar-refractivity contribution in [2.45, 2.75) is 13.0 Å². The van der Waals surface area contributed by atoms with Crippen molar-refractivity contribution in [2.75, 3.05) is 13.7 Å². The number of alkyl halides is 2. The molecule has 0 aliphatic heterocycles. The van der Waals surface area contributed by atoms with Gasteiger partial charge in [-0.1, -0.05) is 17.3 Å². The van der Waals surface area contributed by atoms with Crippen molar-refractivity contribution < 1.29 is 27.6 Å². The fourth-order valence-electron chi connectivity index (χ4n) is 2.39. The lowest BCUT2D eigenvalue weighted by atomic mass is 10.1. The summed E-state index contributed by atoms with van der Waals surface area (Å²) in [4.78, 5) is 13.0. The second-order valence-electron chi connectivity index (χ2n) is 5.42. The predicted octanol–water partition coefficient (Wildman–Crippen LogP) is 3.99. The summed E-state index contributed by atoms with van der Waals surface area (Å²) < 4.78 is 39.5. The van der Waals surface area contributed by atoms with Crippen molar-refractivity contribution in [3.05, 3.63) is 53.0 Å². The Bertz CT molecular complexity index is 897. The van der Waals surface area contributed by atoms with Gasteiger partial charge in [0, 0.05) is 12.6 Å². The standard InChI is InChI=1S/C18H16F2N2O4S/c1-24-13-5-4-11(9-14(13)25-18(19)20)6-7-21-17(23)12-10-15(26-22-12)16-3-2-8-27-16/h2-5,8-10,18H,6-7H2,1H3,(H,21,23). The van der Waals surface area contributed by atoms with Crippen LogP contribution in [0.5, 0.6) is 11.5 Å². The van der Waals surface area contributed by atoms with Crippen LogP contribution in [-0.2, 0) is 6.42 Å². The number of halogens is 2. The topological polar surface area (TPSA) is 73.6 Å². The second-order valence-corrected chi connectivity index (χ2v) is 6.37. The Balaban J connectivity index is 1.57. The molecule has 0 bridgehead atoms. The highest BCUT2D eigenvalue weighted by molar-refractivity contribution is 7.13. The number of nitrogens with one attached hydrogen (secondary N) is 1. The van der Waals surface area contributed by atoms with Crippen LogP contribution in [0.2, 0.25) is 0 Å². The van der Waals surface area contributed by atoms with E-state index in [0.717, 1.165) is 4.88 Å². The molecule has 1 N–H and O–H groups in total. The van der Waals surface area contributed by atoms with E-state index in [1.807, 2.05) is 17.5 Å². The monoisotopic (exact) mass is 394 g/mol. The van der Waals surface area contributed by atoms with E-state index in [-0.39, 0.29) is 23.1 Å². The summed E-state index contributed by atoms with van der Waals surface area (Å²) in [6, 6.07) is 10.0. The highest BCUT2D eigenvalue weighted by Gasteiger charge is 2.15. The van der Waals surface area contributed by atoms with Gasteiger partial charge in [-0.15, -0.1) is 11.3 Å². The number of nitrogens with zero attached hydrogens (tertiary/aromatic N) is 1. The van der Waals surface area contributed by atoms with Crippen LogP contribution in [0.25, 0.3) is 10.6 Å². The van der Waals surface area contributed by atoms with Crippen molar-refractivity contribution in [3.63, 3.8) is 0 Å². The van der Waals surface area contributed by atoms with Gasteiger partial charge in [0.25, 0.3) is 5.91 Å². The third-order valence-electron chi connectivity index (χ3n) is 3.65. The van der Waals surface area contributed by atoms with Gasteiger partial charge in [-0.05, 0) is 35.6 Å². The molecule has 3 aromatic rings. The number of hydrogen-bond acceptors (Lipinski definition) is 6. The van der Waals surface area contributed by atoms with Gasteiger partial charge < -0.3 is 19.3 Å². The van der Waals surface area contributed by atoms with Gasteiger partial charge >= 0.3 is 6.61 Å². The number of benzene rings is 1. The quantitative estimate of drug-likeness (QED) is 0.626. The minimum Gasteiger partial charge on any atom is -0.493 e. The molecule has 27 heavy (non-hydrogen) atoms. The van der Waals surface area contributed by atoms with Gasteiger partial charge in [-0.3, -0.25) is 4.79 Å². The Kier molecular flexibility index (Phi) is 6.02. The Morgan fingerprint density at radius 1 is 1.30 bits per heavy atom. The number of amides is 1. The molecule has 0 spiro atoms. The van der Waals surface area contributed by atoms with Gasteiger partial charge in [0.1, 0.15) is 0 Å². The van der Waals surface area contributed by atoms with Gasteiger partial charge in [0.05, 0.1) is 12.0 Å². The smallest absolute Gasteiger partial charge is 0.387 e. The van der Waals surface area contributed by atoms with Gasteiger partial charge in [-0.2, -0.15) is 8.78 Å². The van der Waals surface area contributed by atoms with Crippen LogP contribution >= 0.6 is 11.3 Å². The molecule has 0 radical (unpaired) electrons. The maximum atomic E-state index is 12.5. The van der Waals surface area contributed by atoms with Crippen LogP contribution in [0.4, 0.5) is 8.78 Å². The molecule has 9 heteroatoms. The summed E-state index contributed by atoms with van der Waals surface area (Å²) in [7, 11) is 1.37. The van der Waals surface area contributed by atoms with Crippen molar-refractivity contribution in [1.82, 2.24) is 10.5 Å². The molecule has 0 aliphatic carbocycles. The highest BCUT2D eigenvalue weighted by atomic mass is 32.1. The molecule has 0 aliphatic rings. The first-order valence-corrected chi connectivity index (χ1v) is 8.85. The molecule has 1 aromatic carbocycles. The number of thiophene rings is 1. The number of ether oxygens (including phenoxy) is 2. The molecule has 3 rings (SSSR count). The summed E-state index contributed by atoms with van der Waals surface area (Å²) in [5, 5.41) is 8.38. The molecule has 1 amide bonds. The first-order chi connectivity index (χ1) is 13.1. The molecule has 0 fully saturated rings. The lowest BCUT2D eigenvalue weighted by molar-refractivity contribution is -0.0512. The van der Waals surface area contributed by atoms with E-state index < -0.39 is 6.61 Å². The minimum absolute atomic E-state index is 0.0478. The second kappa shape index (κ2) is 8.63. The van der Waals surface area contributed by atoms with Gasteiger partial charge in [0.15, 0.2) is 23.0 Å². The van der Waals surface area contributed by atoms with E-state index in [9.17, 15) is 13.6 Å². The maximum Gasteiger partial charge on any atom is 0.387 e. The van der Waals surface area contributed by atoms with Gasteiger partial charge in [-0.25, -0.2) is 0 Å². The zero-order chi connectivity index (χ0) is 19.2.